The fourth-order valence-electron chi connectivity index (χ4n) is 1.27. The average Bonchev–Trinajstić information content (AvgIpc) is 2.51. The third-order valence-corrected chi connectivity index (χ3v) is 2.96. The summed E-state index contributed by atoms with van der Waals surface area (Å²) in [6.07, 6.45) is -0.837. The minimum absolute atomic E-state index is 0.0744. The van der Waals surface area contributed by atoms with Crippen molar-refractivity contribution in [3.05, 3.63) is 39.9 Å². The Bertz CT molecular complexity index is 591. The first-order valence-electron chi connectivity index (χ1n) is 6.16. The molecule has 0 bridgehead atoms. The summed E-state index contributed by atoms with van der Waals surface area (Å²) in [6, 6.07) is 5.46. The van der Waals surface area contributed by atoms with Gasteiger partial charge in [-0.1, -0.05) is 0 Å². The van der Waals surface area contributed by atoms with Crippen molar-refractivity contribution in [2.75, 3.05) is 13.1 Å². The maximum atomic E-state index is 11.4. The molecule has 3 N–H and O–H groups in total. The van der Waals surface area contributed by atoms with Gasteiger partial charge in [-0.2, -0.15) is 0 Å². The molecule has 0 fully saturated rings. The van der Waals surface area contributed by atoms with E-state index >= 15 is 0 Å². The quantitative estimate of drug-likeness (QED) is 0.352. The molecule has 23 heavy (non-hydrogen) atoms. The van der Waals surface area contributed by atoms with Gasteiger partial charge in [0.15, 0.2) is 0 Å². The van der Waals surface area contributed by atoms with Crippen molar-refractivity contribution < 1.29 is 29.2 Å². The number of carboxylic acid groups (broad SMARTS) is 1. The van der Waals surface area contributed by atoms with E-state index in [4.69, 9.17) is 9.84 Å². The van der Waals surface area contributed by atoms with E-state index in [9.17, 15) is 24.5 Å². The molecule has 0 radical (unpaired) electrons. The molecule has 11 heteroatoms. The SMILES string of the molecule is O=C(O)CNSC(=O)CNC(=O)OCc1ccc([N+](=O)[O-])cc1. The van der Waals surface area contributed by atoms with Crippen LogP contribution in [0.5, 0.6) is 0 Å². The lowest BCUT2D eigenvalue weighted by molar-refractivity contribution is -0.384. The predicted molar refractivity (Wildman–Crippen MR) is 79.5 cm³/mol. The first-order chi connectivity index (χ1) is 10.9. The number of amides is 1. The van der Waals surface area contributed by atoms with Crippen molar-refractivity contribution in [3.63, 3.8) is 0 Å². The lowest BCUT2D eigenvalue weighted by Crippen LogP contribution is -2.30. The number of nitro benzene ring substituents is 1. The van der Waals surface area contributed by atoms with Gasteiger partial charge in [0.2, 0.25) is 5.12 Å². The molecule has 0 spiro atoms. The molecule has 1 amide bonds. The Balaban J connectivity index is 2.24. The monoisotopic (exact) mass is 343 g/mol. The van der Waals surface area contributed by atoms with Crippen LogP contribution in [0.1, 0.15) is 5.56 Å². The van der Waals surface area contributed by atoms with Crippen LogP contribution >= 0.6 is 11.9 Å². The zero-order valence-electron chi connectivity index (χ0n) is 11.7. The molecule has 0 aromatic heterocycles. The van der Waals surface area contributed by atoms with Crippen LogP contribution in [0.15, 0.2) is 24.3 Å². The van der Waals surface area contributed by atoms with Crippen LogP contribution < -0.4 is 10.0 Å². The molecule has 124 valence electrons. The standard InChI is InChI=1S/C12H13N3O7S/c16-10(17)5-14-23-11(18)6-13-12(19)22-7-8-1-3-9(4-2-8)15(20)21/h1-4,14H,5-7H2,(H,13,19)(H,16,17). The highest BCUT2D eigenvalue weighted by molar-refractivity contribution is 8.12. The summed E-state index contributed by atoms with van der Waals surface area (Å²) in [7, 11) is 0. The molecular formula is C12H13N3O7S. The molecule has 0 atom stereocenters. The number of carboxylic acids is 1. The molecule has 0 saturated carbocycles. The molecule has 0 unspecified atom stereocenters. The number of aliphatic carboxylic acids is 1. The Kier molecular flexibility index (Phi) is 7.50. The Morgan fingerprint density at radius 3 is 2.43 bits per heavy atom. The predicted octanol–water partition coefficient (Wildman–Crippen LogP) is 0.670. The second-order valence-corrected chi connectivity index (χ2v) is 4.99. The summed E-state index contributed by atoms with van der Waals surface area (Å²) in [5.41, 5.74) is 0.476. The van der Waals surface area contributed by atoms with Gasteiger partial charge in [0.25, 0.3) is 5.69 Å². The zero-order valence-corrected chi connectivity index (χ0v) is 12.5. The largest absolute Gasteiger partial charge is 0.480 e. The molecule has 0 aliphatic heterocycles. The van der Waals surface area contributed by atoms with Gasteiger partial charge in [0.05, 0.1) is 11.5 Å². The minimum Gasteiger partial charge on any atom is -0.480 e. The van der Waals surface area contributed by atoms with Crippen LogP contribution in [0.4, 0.5) is 10.5 Å². The molecule has 1 aromatic rings. The molecule has 1 aromatic carbocycles. The van der Waals surface area contributed by atoms with Crippen LogP contribution in [-0.2, 0) is 20.9 Å². The lowest BCUT2D eigenvalue weighted by atomic mass is 10.2. The van der Waals surface area contributed by atoms with E-state index in [0.29, 0.717) is 17.5 Å². The third kappa shape index (κ3) is 7.78. The molecule has 1 rings (SSSR count). The number of nitrogens with zero attached hydrogens (tertiary/aromatic N) is 1. The number of carbonyl (C=O) groups excluding carboxylic acids is 2. The van der Waals surface area contributed by atoms with Gasteiger partial charge in [-0.3, -0.25) is 19.7 Å². The fraction of sp³-hybridized carbons (Fsp3) is 0.250. The highest BCUT2D eigenvalue weighted by Gasteiger charge is 2.09. The zero-order chi connectivity index (χ0) is 17.2. The average molecular weight is 343 g/mol. The number of hydrogen-bond donors (Lipinski definition) is 3. The maximum absolute atomic E-state index is 11.4. The van der Waals surface area contributed by atoms with Gasteiger partial charge in [-0.25, -0.2) is 9.52 Å². The maximum Gasteiger partial charge on any atom is 0.407 e. The van der Waals surface area contributed by atoms with E-state index in [2.05, 4.69) is 10.0 Å². The van der Waals surface area contributed by atoms with E-state index < -0.39 is 22.1 Å². The van der Waals surface area contributed by atoms with E-state index in [1.54, 1.807) is 0 Å². The van der Waals surface area contributed by atoms with Crippen molar-refractivity contribution in [3.8, 4) is 0 Å². The third-order valence-electron chi connectivity index (χ3n) is 2.30. The summed E-state index contributed by atoms with van der Waals surface area (Å²) in [6.45, 7) is -0.834. The Morgan fingerprint density at radius 2 is 1.87 bits per heavy atom. The second-order valence-electron chi connectivity index (χ2n) is 4.04. The lowest BCUT2D eigenvalue weighted by Gasteiger charge is -2.06. The summed E-state index contributed by atoms with van der Waals surface area (Å²) in [5, 5.41) is 20.5. The number of hydrogen-bond acceptors (Lipinski definition) is 8. The van der Waals surface area contributed by atoms with Crippen LogP contribution in [-0.4, -0.2) is 40.3 Å². The minimum atomic E-state index is -1.11. The van der Waals surface area contributed by atoms with Crippen molar-refractivity contribution in [2.24, 2.45) is 0 Å². The van der Waals surface area contributed by atoms with Crippen LogP contribution in [0.2, 0.25) is 0 Å². The Morgan fingerprint density at radius 1 is 1.22 bits per heavy atom. The normalized spacial score (nSPS) is 9.91. The first-order valence-corrected chi connectivity index (χ1v) is 6.98. The van der Waals surface area contributed by atoms with Gasteiger partial charge in [0.1, 0.15) is 13.2 Å². The van der Waals surface area contributed by atoms with Gasteiger partial charge in [-0.05, 0) is 29.6 Å². The van der Waals surface area contributed by atoms with E-state index in [-0.39, 0.29) is 25.4 Å². The van der Waals surface area contributed by atoms with Gasteiger partial charge in [-0.15, -0.1) is 0 Å². The second kappa shape index (κ2) is 9.38. The fourth-order valence-corrected chi connectivity index (χ4v) is 1.77. The first kappa shape index (κ1) is 18.4. The number of carbonyl (C=O) groups is 3. The Hall–Kier alpha value is -2.66. The number of alkyl carbamates (subject to hydrolysis) is 1. The van der Waals surface area contributed by atoms with Crippen molar-refractivity contribution in [2.45, 2.75) is 6.61 Å². The van der Waals surface area contributed by atoms with Gasteiger partial charge in [0, 0.05) is 12.1 Å². The Labute approximate surface area is 134 Å². The van der Waals surface area contributed by atoms with E-state index in [0.717, 1.165) is 0 Å². The molecule has 0 aliphatic carbocycles. The number of non-ortho nitro benzene ring substituents is 1. The molecule has 0 aliphatic rings. The number of nitrogens with one attached hydrogen (secondary N) is 2. The number of benzene rings is 1. The summed E-state index contributed by atoms with van der Waals surface area (Å²) < 4.78 is 7.13. The van der Waals surface area contributed by atoms with Crippen molar-refractivity contribution in [1.82, 2.24) is 10.0 Å². The highest BCUT2D eigenvalue weighted by Crippen LogP contribution is 2.12. The van der Waals surface area contributed by atoms with E-state index in [1.165, 1.54) is 24.3 Å². The van der Waals surface area contributed by atoms with Crippen LogP contribution in [0.25, 0.3) is 0 Å². The highest BCUT2D eigenvalue weighted by atomic mass is 32.2. The summed E-state index contributed by atoms with van der Waals surface area (Å²) in [4.78, 5) is 42.8. The number of ether oxygens (including phenoxy) is 1. The smallest absolute Gasteiger partial charge is 0.407 e. The van der Waals surface area contributed by atoms with Crippen LogP contribution in [0, 0.1) is 10.1 Å². The van der Waals surface area contributed by atoms with Gasteiger partial charge >= 0.3 is 12.1 Å². The van der Waals surface area contributed by atoms with Crippen molar-refractivity contribution in [1.29, 1.82) is 0 Å². The van der Waals surface area contributed by atoms with E-state index in [1.807, 2.05) is 0 Å². The van der Waals surface area contributed by atoms with Crippen molar-refractivity contribution >= 4 is 34.8 Å². The molecule has 10 nitrogen and oxygen atoms in total. The molecule has 0 saturated heterocycles. The molecule has 0 heterocycles. The molecular weight excluding hydrogens is 330 g/mol. The van der Waals surface area contributed by atoms with Crippen LogP contribution in [0.3, 0.4) is 0 Å². The topological polar surface area (TPSA) is 148 Å². The summed E-state index contributed by atoms with van der Waals surface area (Å²) in [5.74, 6) is -1.11. The van der Waals surface area contributed by atoms with Gasteiger partial charge < -0.3 is 15.2 Å². The number of rotatable bonds is 8. The number of nitro groups is 1. The summed E-state index contributed by atoms with van der Waals surface area (Å²) >= 11 is 0.562.